The van der Waals surface area contributed by atoms with Crippen molar-refractivity contribution >= 4 is 11.8 Å². The molecule has 6 heteroatoms. The summed E-state index contributed by atoms with van der Waals surface area (Å²) in [6, 6.07) is 7.69. The molecular weight excluding hydrogens is 354 g/mol. The van der Waals surface area contributed by atoms with E-state index in [0.29, 0.717) is 24.5 Å². The van der Waals surface area contributed by atoms with Gasteiger partial charge in [-0.1, -0.05) is 26.2 Å². The van der Waals surface area contributed by atoms with Crippen LogP contribution >= 0.6 is 0 Å². The fourth-order valence-electron chi connectivity index (χ4n) is 4.49. The number of aromatic nitrogens is 1. The largest absolute Gasteiger partial charge is 0.463 e. The van der Waals surface area contributed by atoms with Gasteiger partial charge in [-0.15, -0.1) is 0 Å². The summed E-state index contributed by atoms with van der Waals surface area (Å²) in [5.74, 6) is 0.579. The second kappa shape index (κ2) is 7.49. The molecule has 0 unspecified atom stereocenters. The van der Waals surface area contributed by atoms with E-state index < -0.39 is 5.54 Å². The maximum atomic E-state index is 13.4. The van der Waals surface area contributed by atoms with Crippen molar-refractivity contribution in [3.8, 4) is 11.5 Å². The molecule has 150 valence electrons. The summed E-state index contributed by atoms with van der Waals surface area (Å²) in [4.78, 5) is 28.5. The molecule has 0 saturated heterocycles. The maximum Gasteiger partial charge on any atom is 0.271 e. The molecule has 1 fully saturated rings. The molecule has 0 aromatic carbocycles. The van der Waals surface area contributed by atoms with Crippen LogP contribution in [0.2, 0.25) is 0 Å². The summed E-state index contributed by atoms with van der Waals surface area (Å²) in [5.41, 5.74) is 0.541. The highest BCUT2D eigenvalue weighted by Crippen LogP contribution is 2.34. The lowest BCUT2D eigenvalue weighted by Crippen LogP contribution is -2.65. The molecule has 2 aromatic rings. The predicted octanol–water partition coefficient (Wildman–Crippen LogP) is 3.82. The van der Waals surface area contributed by atoms with Crippen LogP contribution in [0.4, 0.5) is 0 Å². The molecule has 1 N–H and O–H groups in total. The van der Waals surface area contributed by atoms with E-state index >= 15 is 0 Å². The number of amides is 2. The molecule has 28 heavy (non-hydrogen) atoms. The number of hydrogen-bond donors (Lipinski definition) is 1. The van der Waals surface area contributed by atoms with Gasteiger partial charge in [-0.3, -0.25) is 9.59 Å². The van der Waals surface area contributed by atoms with Crippen molar-refractivity contribution in [1.82, 2.24) is 14.8 Å². The Morgan fingerprint density at radius 1 is 1.25 bits per heavy atom. The zero-order valence-electron chi connectivity index (χ0n) is 16.7. The fraction of sp³-hybridized carbons (Fsp3) is 0.545. The molecule has 0 bridgehead atoms. The van der Waals surface area contributed by atoms with Crippen LogP contribution in [-0.4, -0.2) is 39.4 Å². The lowest BCUT2D eigenvalue weighted by Gasteiger charge is -2.44. The highest BCUT2D eigenvalue weighted by Gasteiger charge is 2.48. The molecule has 1 aliphatic heterocycles. The molecule has 0 radical (unpaired) electrons. The number of carbonyl (C=O) groups excluding carboxylic acids is 2. The van der Waals surface area contributed by atoms with Gasteiger partial charge in [-0.2, -0.15) is 0 Å². The zero-order chi connectivity index (χ0) is 19.7. The minimum absolute atomic E-state index is 0.0476. The van der Waals surface area contributed by atoms with Crippen LogP contribution in [0, 0.1) is 0 Å². The molecule has 1 aliphatic carbocycles. The lowest BCUT2D eigenvalue weighted by atomic mass is 9.93. The van der Waals surface area contributed by atoms with Crippen LogP contribution in [0.3, 0.4) is 0 Å². The molecule has 3 heterocycles. The molecule has 2 amide bonds. The maximum absolute atomic E-state index is 13.4. The van der Waals surface area contributed by atoms with E-state index in [9.17, 15) is 9.59 Å². The second-order valence-electron chi connectivity index (χ2n) is 8.21. The van der Waals surface area contributed by atoms with Crippen molar-refractivity contribution in [2.24, 2.45) is 0 Å². The van der Waals surface area contributed by atoms with Gasteiger partial charge >= 0.3 is 0 Å². The first kappa shape index (κ1) is 18.8. The number of carbonyl (C=O) groups is 2. The van der Waals surface area contributed by atoms with Gasteiger partial charge in [-0.25, -0.2) is 0 Å². The highest BCUT2D eigenvalue weighted by atomic mass is 16.3. The number of unbranched alkanes of at least 4 members (excludes halogenated alkanes) is 1. The van der Waals surface area contributed by atoms with Crippen LogP contribution in [0.1, 0.15) is 62.9 Å². The number of furan rings is 1. The Morgan fingerprint density at radius 3 is 2.68 bits per heavy atom. The Bertz CT molecular complexity index is 849. The Balaban J connectivity index is 1.70. The van der Waals surface area contributed by atoms with E-state index in [4.69, 9.17) is 4.42 Å². The van der Waals surface area contributed by atoms with E-state index in [1.165, 1.54) is 0 Å². The van der Waals surface area contributed by atoms with E-state index in [1.54, 1.807) is 11.2 Å². The third kappa shape index (κ3) is 3.15. The Labute approximate surface area is 165 Å². The Hall–Kier alpha value is -2.50. The average molecular weight is 383 g/mol. The van der Waals surface area contributed by atoms with Gasteiger partial charge in [0.1, 0.15) is 17.0 Å². The first-order valence-corrected chi connectivity index (χ1v) is 10.4. The lowest BCUT2D eigenvalue weighted by molar-refractivity contribution is -0.133. The topological polar surface area (TPSA) is 67.5 Å². The SMILES string of the molecule is CCCCN1C(=O)c2ccc(-c3ccco3)n2C[C@@]1(C)C(=O)NC1CCCC1. The van der Waals surface area contributed by atoms with Gasteiger partial charge in [0.05, 0.1) is 18.5 Å². The first-order chi connectivity index (χ1) is 13.5. The number of fused-ring (bicyclic) bond motifs is 1. The van der Waals surface area contributed by atoms with Crippen molar-refractivity contribution in [1.29, 1.82) is 0 Å². The van der Waals surface area contributed by atoms with Crippen LogP contribution in [0.25, 0.3) is 11.5 Å². The van der Waals surface area contributed by atoms with Gasteiger partial charge < -0.3 is 19.2 Å². The van der Waals surface area contributed by atoms with Gasteiger partial charge in [0.25, 0.3) is 5.91 Å². The second-order valence-corrected chi connectivity index (χ2v) is 8.21. The Morgan fingerprint density at radius 2 is 2.00 bits per heavy atom. The summed E-state index contributed by atoms with van der Waals surface area (Å²) in [6.07, 6.45) is 7.84. The average Bonchev–Trinajstić information content (AvgIpc) is 3.42. The number of hydrogen-bond acceptors (Lipinski definition) is 3. The summed E-state index contributed by atoms with van der Waals surface area (Å²) < 4.78 is 7.50. The van der Waals surface area contributed by atoms with Crippen LogP contribution in [0.5, 0.6) is 0 Å². The minimum Gasteiger partial charge on any atom is -0.463 e. The smallest absolute Gasteiger partial charge is 0.271 e. The Kier molecular flexibility index (Phi) is 5.04. The first-order valence-electron chi connectivity index (χ1n) is 10.4. The van der Waals surface area contributed by atoms with Gasteiger partial charge in [-0.05, 0) is 50.5 Å². The van der Waals surface area contributed by atoms with Crippen molar-refractivity contribution in [2.45, 2.75) is 70.5 Å². The predicted molar refractivity (Wildman–Crippen MR) is 107 cm³/mol. The van der Waals surface area contributed by atoms with Crippen molar-refractivity contribution in [2.75, 3.05) is 6.54 Å². The molecule has 6 nitrogen and oxygen atoms in total. The third-order valence-electron chi connectivity index (χ3n) is 6.20. The van der Waals surface area contributed by atoms with E-state index in [0.717, 1.165) is 44.2 Å². The number of nitrogens with one attached hydrogen (secondary N) is 1. The molecular formula is C22H29N3O3. The summed E-state index contributed by atoms with van der Waals surface area (Å²) in [6.45, 7) is 5.02. The summed E-state index contributed by atoms with van der Waals surface area (Å²) in [7, 11) is 0. The molecule has 4 rings (SSSR count). The number of rotatable bonds is 6. The molecule has 0 spiro atoms. The summed E-state index contributed by atoms with van der Waals surface area (Å²) in [5, 5.41) is 3.22. The van der Waals surface area contributed by atoms with Gasteiger partial charge in [0, 0.05) is 12.6 Å². The van der Waals surface area contributed by atoms with Gasteiger partial charge in [0.15, 0.2) is 0 Å². The third-order valence-corrected chi connectivity index (χ3v) is 6.20. The van der Waals surface area contributed by atoms with Crippen molar-refractivity contribution in [3.05, 3.63) is 36.2 Å². The molecule has 1 atom stereocenters. The minimum atomic E-state index is -0.914. The van der Waals surface area contributed by atoms with E-state index in [1.807, 2.05) is 35.8 Å². The standard InChI is InChI=1S/C22H29N3O3/c1-3-4-13-25-20(26)18-12-11-17(19-10-7-14-28-19)24(18)15-22(25,2)21(27)23-16-8-5-6-9-16/h7,10-12,14,16H,3-6,8-9,13,15H2,1-2H3,(H,23,27)/t22-/m0/s1. The normalized spacial score (nSPS) is 22.5. The van der Waals surface area contributed by atoms with Gasteiger partial charge in [0.2, 0.25) is 5.91 Å². The monoisotopic (exact) mass is 383 g/mol. The zero-order valence-corrected chi connectivity index (χ0v) is 16.7. The van der Waals surface area contributed by atoms with Crippen LogP contribution < -0.4 is 5.32 Å². The van der Waals surface area contributed by atoms with Crippen molar-refractivity contribution in [3.63, 3.8) is 0 Å². The molecule has 2 aromatic heterocycles. The fourth-order valence-corrected chi connectivity index (χ4v) is 4.49. The highest BCUT2D eigenvalue weighted by molar-refractivity contribution is 6.00. The molecule has 2 aliphatic rings. The van der Waals surface area contributed by atoms with Crippen LogP contribution in [0.15, 0.2) is 34.9 Å². The molecule has 1 saturated carbocycles. The number of nitrogens with zero attached hydrogens (tertiary/aromatic N) is 2. The van der Waals surface area contributed by atoms with Crippen molar-refractivity contribution < 1.29 is 14.0 Å². The quantitative estimate of drug-likeness (QED) is 0.824. The van der Waals surface area contributed by atoms with E-state index in [2.05, 4.69) is 12.2 Å². The summed E-state index contributed by atoms with van der Waals surface area (Å²) >= 11 is 0. The van der Waals surface area contributed by atoms with Crippen LogP contribution in [-0.2, 0) is 11.3 Å². The van der Waals surface area contributed by atoms with E-state index in [-0.39, 0.29) is 17.9 Å².